The number of halogens is 2. The first-order chi connectivity index (χ1) is 28.0. The van der Waals surface area contributed by atoms with Crippen LogP contribution >= 0.6 is 23.2 Å². The molecule has 1 aliphatic carbocycles. The highest BCUT2D eigenvalue weighted by Gasteiger charge is 2.38. The normalized spacial score (nSPS) is 18.4. The molecule has 0 atom stereocenters. The van der Waals surface area contributed by atoms with Gasteiger partial charge in [-0.2, -0.15) is 0 Å². The van der Waals surface area contributed by atoms with Crippen LogP contribution in [0.25, 0.3) is 39.3 Å². The minimum Gasteiger partial charge on any atom is -0.493 e. The van der Waals surface area contributed by atoms with Gasteiger partial charge in [0.25, 0.3) is 0 Å². The molecule has 0 unspecified atom stereocenters. The number of amides is 2. The third-order valence-electron chi connectivity index (χ3n) is 10.8. The molecule has 4 aromatic heterocycles. The molecule has 16 heteroatoms. The predicted molar refractivity (Wildman–Crippen MR) is 226 cm³/mol. The number of likely N-dealkylation sites (tertiary alicyclic amines) is 1. The Morgan fingerprint density at radius 3 is 2.37 bits per heavy atom. The van der Waals surface area contributed by atoms with E-state index in [0.717, 1.165) is 0 Å². The van der Waals surface area contributed by atoms with E-state index in [1.165, 1.54) is 0 Å². The number of aromatic nitrogens is 5. The van der Waals surface area contributed by atoms with Crippen LogP contribution in [-0.4, -0.2) is 102 Å². The Balaban J connectivity index is 1.16. The monoisotopic (exact) mass is 844 g/mol. The molecule has 5 aromatic rings. The summed E-state index contributed by atoms with van der Waals surface area (Å²) in [5, 5.41) is 19.0. The first kappa shape index (κ1) is 42.1. The summed E-state index contributed by atoms with van der Waals surface area (Å²) in [5.74, 6) is 1.46. The Hall–Kier alpha value is -5.02. The second-order valence-electron chi connectivity index (χ2n) is 16.5. The van der Waals surface area contributed by atoms with Gasteiger partial charge in [0, 0.05) is 72.3 Å². The molecule has 1 saturated heterocycles. The van der Waals surface area contributed by atoms with Crippen molar-refractivity contribution in [2.75, 3.05) is 27.3 Å². The highest BCUT2D eigenvalue weighted by Crippen LogP contribution is 2.42. The fourth-order valence-electron chi connectivity index (χ4n) is 7.78. The third kappa shape index (κ3) is 9.25. The molecule has 2 amide bonds. The Labute approximate surface area is 353 Å². The fourth-order valence-corrected chi connectivity index (χ4v) is 8.43. The van der Waals surface area contributed by atoms with Crippen molar-refractivity contribution in [2.45, 2.75) is 96.7 Å². The molecule has 7 rings (SSSR count). The molecule has 0 bridgehead atoms. The number of methoxy groups -OCH3 is 2. The highest BCUT2D eigenvalue weighted by molar-refractivity contribution is 6.39. The summed E-state index contributed by atoms with van der Waals surface area (Å²) < 4.78 is 19.0. The number of rotatable bonds is 11. The number of hydrogen-bond acceptors (Lipinski definition) is 11. The Morgan fingerprint density at radius 1 is 1.00 bits per heavy atom. The van der Waals surface area contributed by atoms with Gasteiger partial charge in [-0.1, -0.05) is 41.4 Å². The number of ether oxygens (including phenoxy) is 3. The van der Waals surface area contributed by atoms with Crippen molar-refractivity contribution in [2.24, 2.45) is 0 Å². The summed E-state index contributed by atoms with van der Waals surface area (Å²) in [6.07, 6.45) is 5.67. The van der Waals surface area contributed by atoms with Gasteiger partial charge < -0.3 is 34.4 Å². The molecule has 2 N–H and O–H groups in total. The third-order valence-corrected chi connectivity index (χ3v) is 11.6. The maximum atomic E-state index is 13.6. The van der Waals surface area contributed by atoms with Crippen LogP contribution in [0.1, 0.15) is 71.7 Å². The highest BCUT2D eigenvalue weighted by atomic mass is 35.5. The largest absolute Gasteiger partial charge is 0.493 e. The standard InChI is InChI=1S/C43H50Cl2N8O6/c1-25(54)51-17-14-29(15-18-51)52(41(55)59-42(2,3)4)23-26-11-12-33(48-40(26)58-7)32-10-8-9-30(36(32)44)31-13-16-46-38(37(31)45)27-19-34(57-6)39-49-35(50-53(39)24-27)22-47-28-20-43(5,56)21-28/h8-13,16,19,24,28-29,47,56H,14-15,17-18,20-23H2,1-7H3. The topological polar surface area (TPSA) is 157 Å². The second kappa shape index (κ2) is 16.9. The SMILES string of the molecule is COc1nc(-c2cccc(-c3ccnc(-c4cc(OC)c5nc(CNC6CC(C)(O)C6)nn5c4)c3Cl)c2Cl)ccc1CN(C(=O)OC(C)(C)C)C1CCN(C(C)=O)CC1. The lowest BCUT2D eigenvalue weighted by atomic mass is 9.77. The van der Waals surface area contributed by atoms with E-state index < -0.39 is 17.3 Å². The number of nitrogens with one attached hydrogen (secondary N) is 1. The van der Waals surface area contributed by atoms with Crippen LogP contribution in [0.5, 0.6) is 11.6 Å². The van der Waals surface area contributed by atoms with E-state index in [1.54, 1.807) is 41.7 Å². The molecule has 5 heterocycles. The van der Waals surface area contributed by atoms with Crippen LogP contribution in [0.2, 0.25) is 10.0 Å². The number of hydrogen-bond donors (Lipinski definition) is 2. The van der Waals surface area contributed by atoms with Gasteiger partial charge in [-0.05, 0) is 77.6 Å². The van der Waals surface area contributed by atoms with Crippen molar-refractivity contribution < 1.29 is 28.9 Å². The zero-order valence-corrected chi connectivity index (χ0v) is 35.9. The molecule has 1 aliphatic heterocycles. The predicted octanol–water partition coefficient (Wildman–Crippen LogP) is 7.60. The van der Waals surface area contributed by atoms with Crippen LogP contribution in [0, 0.1) is 0 Å². The van der Waals surface area contributed by atoms with Crippen molar-refractivity contribution >= 4 is 40.8 Å². The van der Waals surface area contributed by atoms with Gasteiger partial charge >= 0.3 is 6.09 Å². The van der Waals surface area contributed by atoms with Gasteiger partial charge in [0.05, 0.1) is 54.3 Å². The quantitative estimate of drug-likeness (QED) is 0.135. The molecule has 1 aromatic carbocycles. The number of piperidine rings is 1. The minimum atomic E-state index is -0.692. The molecule has 312 valence electrons. The Morgan fingerprint density at radius 2 is 1.71 bits per heavy atom. The number of pyridine rings is 3. The van der Waals surface area contributed by atoms with E-state index >= 15 is 0 Å². The van der Waals surface area contributed by atoms with E-state index in [-0.39, 0.29) is 24.5 Å². The van der Waals surface area contributed by atoms with Gasteiger partial charge in [-0.15, -0.1) is 5.10 Å². The van der Waals surface area contributed by atoms with Gasteiger partial charge in [0.1, 0.15) is 5.60 Å². The maximum Gasteiger partial charge on any atom is 0.410 e. The van der Waals surface area contributed by atoms with Gasteiger partial charge in [-0.3, -0.25) is 9.78 Å². The van der Waals surface area contributed by atoms with Crippen LogP contribution in [-0.2, 0) is 22.6 Å². The van der Waals surface area contributed by atoms with Crippen molar-refractivity contribution in [1.29, 1.82) is 0 Å². The van der Waals surface area contributed by atoms with Crippen LogP contribution in [0.3, 0.4) is 0 Å². The zero-order valence-electron chi connectivity index (χ0n) is 34.4. The van der Waals surface area contributed by atoms with Crippen molar-refractivity contribution in [1.82, 2.24) is 39.7 Å². The summed E-state index contributed by atoms with van der Waals surface area (Å²) in [4.78, 5) is 43.3. The lowest BCUT2D eigenvalue weighted by molar-refractivity contribution is -0.130. The van der Waals surface area contributed by atoms with Gasteiger partial charge in [0.2, 0.25) is 11.8 Å². The molecule has 14 nitrogen and oxygen atoms in total. The fraction of sp³-hybridized carbons (Fsp3) is 0.442. The number of aliphatic hydroxyl groups is 1. The number of carbonyl (C=O) groups excluding carboxylic acids is 2. The van der Waals surface area contributed by atoms with Crippen molar-refractivity contribution in [3.8, 4) is 45.3 Å². The summed E-state index contributed by atoms with van der Waals surface area (Å²) in [6, 6.07) is 13.1. The summed E-state index contributed by atoms with van der Waals surface area (Å²) in [6.45, 7) is 10.7. The number of fused-ring (bicyclic) bond motifs is 1. The first-order valence-electron chi connectivity index (χ1n) is 19.7. The number of carbonyl (C=O) groups is 2. The van der Waals surface area contributed by atoms with E-state index in [9.17, 15) is 14.7 Å². The molecule has 2 aliphatic rings. The minimum absolute atomic E-state index is 0.0219. The lowest BCUT2D eigenvalue weighted by Gasteiger charge is -2.41. The van der Waals surface area contributed by atoms with Gasteiger partial charge in [0.15, 0.2) is 17.2 Å². The van der Waals surface area contributed by atoms with Crippen LogP contribution in [0.15, 0.2) is 54.9 Å². The average molecular weight is 846 g/mol. The van der Waals surface area contributed by atoms with E-state index in [1.807, 2.05) is 76.4 Å². The smallest absolute Gasteiger partial charge is 0.410 e. The summed E-state index contributed by atoms with van der Waals surface area (Å²) in [7, 11) is 3.12. The number of benzene rings is 1. The molecule has 2 fully saturated rings. The van der Waals surface area contributed by atoms with E-state index in [2.05, 4.69) is 20.4 Å². The average Bonchev–Trinajstić information content (AvgIpc) is 3.61. The molecular formula is C43H50Cl2N8O6. The lowest BCUT2D eigenvalue weighted by Crippen LogP contribution is -2.51. The van der Waals surface area contributed by atoms with E-state index in [0.29, 0.717) is 118 Å². The molecule has 1 saturated carbocycles. The molecule has 0 radical (unpaired) electrons. The molecule has 0 spiro atoms. The first-order valence-corrected chi connectivity index (χ1v) is 20.4. The van der Waals surface area contributed by atoms with E-state index in [4.69, 9.17) is 42.4 Å². The summed E-state index contributed by atoms with van der Waals surface area (Å²) in [5.41, 5.74) is 3.65. The van der Waals surface area contributed by atoms with Crippen molar-refractivity contribution in [3.05, 3.63) is 76.3 Å². The Kier molecular flexibility index (Phi) is 12.1. The molecular weight excluding hydrogens is 795 g/mol. The van der Waals surface area contributed by atoms with Crippen LogP contribution < -0.4 is 14.8 Å². The Bertz CT molecular complexity index is 2360. The maximum absolute atomic E-state index is 13.6. The molecule has 59 heavy (non-hydrogen) atoms. The van der Waals surface area contributed by atoms with Crippen molar-refractivity contribution in [3.63, 3.8) is 0 Å². The zero-order chi connectivity index (χ0) is 42.2. The number of nitrogens with zero attached hydrogens (tertiary/aromatic N) is 7. The summed E-state index contributed by atoms with van der Waals surface area (Å²) >= 11 is 14.4. The van der Waals surface area contributed by atoms with Gasteiger partial charge in [-0.25, -0.2) is 19.3 Å². The van der Waals surface area contributed by atoms with Crippen LogP contribution in [0.4, 0.5) is 4.79 Å². The second-order valence-corrected chi connectivity index (χ2v) is 17.2.